The standard InChI is InChI=1S/C76H129NO10/c1-4-7-10-13-16-19-22-25-27-29-31-33-34-35-37-38-40-42-45-48-51-54-57-60-63-69(80)75(84)77-67(68(79)62-59-56-53-50-47-44-24-21-18-15-12-9-6-3)66-85-76-74(73(83)72(82)70(65-78)86-76)87-71(81)64-61-58-55-52-49-46-43-41-39-36-32-30-28-26-23-20-17-14-11-8-5-2/h8,11,16-17,19-20,25-28,31-33,36,41,43,49,52,59,62,67-70,72-74,76,78-80,82-83H,4-7,9-10,12-15,18,21-24,29-30,34-35,37-40,42,44-48,50-51,53-58,60-61,63-66H2,1-3H3,(H,77,84)/b11-8-,19-16-,20-17-,27-25-,28-26-,33-31-,36-32-,43-41-,52-49-,62-59+. The molecule has 0 spiro atoms. The van der Waals surface area contributed by atoms with Crippen LogP contribution in [-0.2, 0) is 23.8 Å². The maximum absolute atomic E-state index is 13.5. The molecule has 11 heteroatoms. The third-order valence-electron chi connectivity index (χ3n) is 15.8. The lowest BCUT2D eigenvalue weighted by Crippen LogP contribution is -2.61. The number of ether oxygens (including phenoxy) is 3. The van der Waals surface area contributed by atoms with Crippen LogP contribution in [0.4, 0.5) is 0 Å². The zero-order valence-electron chi connectivity index (χ0n) is 55.3. The van der Waals surface area contributed by atoms with Crippen molar-refractivity contribution in [3.8, 4) is 0 Å². The number of hydrogen-bond donors (Lipinski definition) is 6. The Kier molecular flexibility index (Phi) is 58.0. The maximum atomic E-state index is 13.5. The number of amides is 1. The van der Waals surface area contributed by atoms with Gasteiger partial charge in [0.25, 0.3) is 0 Å². The van der Waals surface area contributed by atoms with Crippen LogP contribution in [0.1, 0.15) is 284 Å². The van der Waals surface area contributed by atoms with E-state index in [0.29, 0.717) is 12.8 Å². The quantitative estimate of drug-likeness (QED) is 0.0195. The van der Waals surface area contributed by atoms with E-state index in [-0.39, 0.29) is 19.4 Å². The molecule has 0 radical (unpaired) electrons. The van der Waals surface area contributed by atoms with Crippen molar-refractivity contribution in [2.75, 3.05) is 13.2 Å². The van der Waals surface area contributed by atoms with Gasteiger partial charge in [-0.05, 0) is 116 Å². The molecule has 0 aromatic heterocycles. The molecular formula is C76H129NO10. The summed E-state index contributed by atoms with van der Waals surface area (Å²) in [7, 11) is 0. The molecule has 1 fully saturated rings. The Morgan fingerprint density at radius 3 is 1.26 bits per heavy atom. The van der Waals surface area contributed by atoms with E-state index in [2.05, 4.69) is 135 Å². The highest BCUT2D eigenvalue weighted by atomic mass is 16.7. The number of allylic oxidation sites excluding steroid dienone is 19. The van der Waals surface area contributed by atoms with Crippen molar-refractivity contribution in [1.82, 2.24) is 5.32 Å². The highest BCUT2D eigenvalue weighted by Gasteiger charge is 2.47. The average molecular weight is 1220 g/mol. The first kappa shape index (κ1) is 81.1. The second-order valence-corrected chi connectivity index (χ2v) is 23.9. The average Bonchev–Trinajstić information content (AvgIpc) is 2.32. The van der Waals surface area contributed by atoms with Gasteiger partial charge in [-0.2, -0.15) is 0 Å². The van der Waals surface area contributed by atoms with Crippen LogP contribution >= 0.6 is 0 Å². The van der Waals surface area contributed by atoms with E-state index in [1.54, 1.807) is 6.08 Å². The van der Waals surface area contributed by atoms with Gasteiger partial charge < -0.3 is 45.1 Å². The first-order chi connectivity index (χ1) is 42.7. The Morgan fingerprint density at radius 1 is 0.460 bits per heavy atom. The summed E-state index contributed by atoms with van der Waals surface area (Å²) >= 11 is 0. The molecule has 0 aromatic carbocycles. The van der Waals surface area contributed by atoms with Crippen molar-refractivity contribution in [3.63, 3.8) is 0 Å². The molecule has 498 valence electrons. The maximum Gasteiger partial charge on any atom is 0.306 e. The SMILES string of the molecule is CC/C=C\C/C=C\C/C=C\C/C=C\C/C=C\C/C=C\CCCCC(=O)OC1C(OCC(NC(=O)C(O)CCCCCCCCCCCCC/C=C\C/C=C\C/C=C\CCCCC)C(O)/C=C/CCCCCCCCCCCCC)OC(CO)C(O)C1O. The molecule has 1 saturated heterocycles. The molecule has 11 nitrogen and oxygen atoms in total. The van der Waals surface area contributed by atoms with Gasteiger partial charge in [-0.3, -0.25) is 9.59 Å². The van der Waals surface area contributed by atoms with E-state index in [9.17, 15) is 35.1 Å². The van der Waals surface area contributed by atoms with E-state index >= 15 is 0 Å². The Morgan fingerprint density at radius 2 is 0.828 bits per heavy atom. The Balaban J connectivity index is 2.64. The van der Waals surface area contributed by atoms with Crippen LogP contribution in [0.3, 0.4) is 0 Å². The third-order valence-corrected chi connectivity index (χ3v) is 15.8. The van der Waals surface area contributed by atoms with Gasteiger partial charge in [0.2, 0.25) is 5.91 Å². The number of carbonyl (C=O) groups is 2. The van der Waals surface area contributed by atoms with Gasteiger partial charge in [0.1, 0.15) is 24.4 Å². The predicted octanol–water partition coefficient (Wildman–Crippen LogP) is 18.2. The van der Waals surface area contributed by atoms with E-state index in [4.69, 9.17) is 14.2 Å². The van der Waals surface area contributed by atoms with Gasteiger partial charge in [0, 0.05) is 6.42 Å². The predicted molar refractivity (Wildman–Crippen MR) is 365 cm³/mol. The molecule has 0 aliphatic carbocycles. The molecule has 8 unspecified atom stereocenters. The van der Waals surface area contributed by atoms with Gasteiger partial charge in [0.05, 0.1) is 25.4 Å². The second-order valence-electron chi connectivity index (χ2n) is 23.9. The number of esters is 1. The lowest BCUT2D eigenvalue weighted by molar-refractivity contribution is -0.305. The summed E-state index contributed by atoms with van der Waals surface area (Å²) in [6.07, 6.45) is 76.6. The van der Waals surface area contributed by atoms with Gasteiger partial charge >= 0.3 is 5.97 Å². The fourth-order valence-corrected chi connectivity index (χ4v) is 10.3. The summed E-state index contributed by atoms with van der Waals surface area (Å²) in [4.78, 5) is 26.7. The first-order valence-corrected chi connectivity index (χ1v) is 35.3. The van der Waals surface area contributed by atoms with Crippen LogP contribution in [0, 0.1) is 0 Å². The van der Waals surface area contributed by atoms with E-state index in [0.717, 1.165) is 109 Å². The number of rotatable bonds is 59. The highest BCUT2D eigenvalue weighted by Crippen LogP contribution is 2.26. The summed E-state index contributed by atoms with van der Waals surface area (Å²) in [6, 6.07) is -1.04. The van der Waals surface area contributed by atoms with E-state index in [1.165, 1.54) is 128 Å². The summed E-state index contributed by atoms with van der Waals surface area (Å²) in [6.45, 7) is 5.64. The van der Waals surface area contributed by atoms with Crippen molar-refractivity contribution in [1.29, 1.82) is 0 Å². The minimum Gasteiger partial charge on any atom is -0.454 e. The van der Waals surface area contributed by atoms with E-state index in [1.807, 2.05) is 6.08 Å². The number of aliphatic hydroxyl groups is 5. The number of hydrogen-bond acceptors (Lipinski definition) is 10. The van der Waals surface area contributed by atoms with Crippen LogP contribution in [0.25, 0.3) is 0 Å². The molecule has 1 amide bonds. The van der Waals surface area contributed by atoms with Crippen molar-refractivity contribution < 1.29 is 49.3 Å². The lowest BCUT2D eigenvalue weighted by atomic mass is 9.99. The second kappa shape index (κ2) is 62.3. The van der Waals surface area contributed by atoms with Crippen LogP contribution < -0.4 is 5.32 Å². The summed E-state index contributed by atoms with van der Waals surface area (Å²) < 4.78 is 17.6. The lowest BCUT2D eigenvalue weighted by Gasteiger charge is -2.41. The fraction of sp³-hybridized carbons (Fsp3) is 0.711. The van der Waals surface area contributed by atoms with Crippen molar-refractivity contribution in [3.05, 3.63) is 122 Å². The van der Waals surface area contributed by atoms with Crippen LogP contribution in [0.15, 0.2) is 122 Å². The largest absolute Gasteiger partial charge is 0.454 e. The summed E-state index contributed by atoms with van der Waals surface area (Å²) in [5.74, 6) is -1.25. The number of unbranched alkanes of at least 4 members (excludes halogenated alkanes) is 27. The topological polar surface area (TPSA) is 175 Å². The smallest absolute Gasteiger partial charge is 0.306 e. The zero-order valence-corrected chi connectivity index (χ0v) is 55.3. The normalized spacial score (nSPS) is 19.0. The van der Waals surface area contributed by atoms with Crippen molar-refractivity contribution >= 4 is 11.9 Å². The highest BCUT2D eigenvalue weighted by molar-refractivity contribution is 5.80. The Bertz CT molecular complexity index is 1880. The zero-order chi connectivity index (χ0) is 63.1. The molecule has 87 heavy (non-hydrogen) atoms. The third kappa shape index (κ3) is 49.5. The number of carbonyl (C=O) groups excluding carboxylic acids is 2. The van der Waals surface area contributed by atoms with E-state index < -0.39 is 67.4 Å². The molecule has 0 bridgehead atoms. The molecule has 1 aliphatic rings. The van der Waals surface area contributed by atoms with Gasteiger partial charge in [0.15, 0.2) is 12.4 Å². The molecule has 1 aliphatic heterocycles. The van der Waals surface area contributed by atoms with Crippen molar-refractivity contribution in [2.45, 2.75) is 333 Å². The van der Waals surface area contributed by atoms with Gasteiger partial charge in [-0.25, -0.2) is 0 Å². The number of aliphatic hydroxyl groups excluding tert-OH is 5. The Labute approximate surface area is 531 Å². The molecule has 1 heterocycles. The fourth-order valence-electron chi connectivity index (χ4n) is 10.3. The van der Waals surface area contributed by atoms with Crippen LogP contribution in [0.5, 0.6) is 0 Å². The molecule has 1 rings (SSSR count). The minimum atomic E-state index is -1.64. The van der Waals surface area contributed by atoms with Crippen molar-refractivity contribution in [2.24, 2.45) is 0 Å². The molecule has 6 N–H and O–H groups in total. The van der Waals surface area contributed by atoms with Gasteiger partial charge in [-0.1, -0.05) is 284 Å². The molecular weight excluding hydrogens is 1090 g/mol. The monoisotopic (exact) mass is 1220 g/mol. The Hall–Kier alpha value is -3.94. The molecule has 0 aromatic rings. The summed E-state index contributed by atoms with van der Waals surface area (Å²) in [5, 5.41) is 57.2. The first-order valence-electron chi connectivity index (χ1n) is 35.3. The number of nitrogens with one attached hydrogen (secondary N) is 1. The van der Waals surface area contributed by atoms with Crippen LogP contribution in [-0.4, -0.2) is 99.6 Å². The molecule has 0 saturated carbocycles. The van der Waals surface area contributed by atoms with Crippen LogP contribution in [0.2, 0.25) is 0 Å². The summed E-state index contributed by atoms with van der Waals surface area (Å²) in [5.41, 5.74) is 0. The molecule has 8 atom stereocenters. The minimum absolute atomic E-state index is 0.0626. The van der Waals surface area contributed by atoms with Gasteiger partial charge in [-0.15, -0.1) is 0 Å².